The van der Waals surface area contributed by atoms with Crippen LogP contribution < -0.4 is 5.32 Å². The minimum atomic E-state index is -0.679. The fraction of sp³-hybridized carbons (Fsp3) is 0.500. The van der Waals surface area contributed by atoms with Gasteiger partial charge in [0.1, 0.15) is 11.9 Å². The van der Waals surface area contributed by atoms with Gasteiger partial charge in [0.2, 0.25) is 11.8 Å². The van der Waals surface area contributed by atoms with E-state index in [1.807, 2.05) is 0 Å². The fourth-order valence-electron chi connectivity index (χ4n) is 3.19. The summed E-state index contributed by atoms with van der Waals surface area (Å²) in [6.07, 6.45) is 0.270. The molecule has 2 N–H and O–H groups in total. The van der Waals surface area contributed by atoms with Crippen LogP contribution >= 0.6 is 11.8 Å². The molecular formula is C16H19FN2O3S. The van der Waals surface area contributed by atoms with Crippen molar-refractivity contribution in [2.75, 3.05) is 12.3 Å². The van der Waals surface area contributed by atoms with Crippen molar-refractivity contribution < 1.29 is 19.1 Å². The van der Waals surface area contributed by atoms with Gasteiger partial charge in [0.05, 0.1) is 12.1 Å². The smallest absolute Gasteiger partial charge is 0.243 e. The van der Waals surface area contributed by atoms with Gasteiger partial charge in [-0.05, 0) is 30.2 Å². The number of β-amino-alcohol motifs (C(OH)–C–C–N with tert-alkyl or cyclic N) is 1. The van der Waals surface area contributed by atoms with E-state index < -0.39 is 12.1 Å². The highest BCUT2D eigenvalue weighted by molar-refractivity contribution is 7.99. The summed E-state index contributed by atoms with van der Waals surface area (Å²) in [6.45, 7) is 1.57. The van der Waals surface area contributed by atoms with Crippen molar-refractivity contribution in [1.82, 2.24) is 10.2 Å². The zero-order valence-electron chi connectivity index (χ0n) is 12.8. The minimum Gasteiger partial charge on any atom is -0.391 e. The van der Waals surface area contributed by atoms with Crippen molar-refractivity contribution in [3.05, 3.63) is 29.6 Å². The molecule has 3 atom stereocenters. The quantitative estimate of drug-likeness (QED) is 0.857. The SMILES string of the molecule is CC(=O)N1C[C@@H](O)C[C@@H]1C(=O)N[C@H]1CCSc2ccc(F)cc21. The summed E-state index contributed by atoms with van der Waals surface area (Å²) in [7, 11) is 0. The topological polar surface area (TPSA) is 69.6 Å². The number of nitrogens with zero attached hydrogens (tertiary/aromatic N) is 1. The van der Waals surface area contributed by atoms with E-state index in [0.29, 0.717) is 6.42 Å². The van der Waals surface area contributed by atoms with Crippen LogP contribution in [0.1, 0.15) is 31.4 Å². The molecule has 1 fully saturated rings. The molecule has 1 saturated heterocycles. The molecule has 2 aliphatic heterocycles. The summed E-state index contributed by atoms with van der Waals surface area (Å²) in [5, 5.41) is 12.7. The Morgan fingerprint density at radius 3 is 2.96 bits per heavy atom. The van der Waals surface area contributed by atoms with Gasteiger partial charge in [-0.25, -0.2) is 4.39 Å². The maximum absolute atomic E-state index is 13.5. The van der Waals surface area contributed by atoms with Crippen LogP contribution in [0.15, 0.2) is 23.1 Å². The van der Waals surface area contributed by atoms with Gasteiger partial charge in [-0.15, -0.1) is 11.8 Å². The summed E-state index contributed by atoms with van der Waals surface area (Å²) < 4.78 is 13.5. The first-order valence-electron chi connectivity index (χ1n) is 7.63. The Hall–Kier alpha value is -1.60. The Morgan fingerprint density at radius 2 is 2.22 bits per heavy atom. The maximum atomic E-state index is 13.5. The largest absolute Gasteiger partial charge is 0.391 e. The molecule has 1 aromatic carbocycles. The van der Waals surface area contributed by atoms with Crippen LogP contribution in [0.3, 0.4) is 0 Å². The number of halogens is 1. The Balaban J connectivity index is 1.76. The number of benzene rings is 1. The molecular weight excluding hydrogens is 319 g/mol. The van der Waals surface area contributed by atoms with Gasteiger partial charge in [-0.3, -0.25) is 9.59 Å². The van der Waals surface area contributed by atoms with Crippen molar-refractivity contribution in [2.24, 2.45) is 0 Å². The molecule has 0 radical (unpaired) electrons. The third-order valence-electron chi connectivity index (χ3n) is 4.31. The molecule has 7 heteroatoms. The number of rotatable bonds is 2. The molecule has 2 aliphatic rings. The number of aliphatic hydroxyl groups excluding tert-OH is 1. The summed E-state index contributed by atoms with van der Waals surface area (Å²) in [5.41, 5.74) is 0.780. The maximum Gasteiger partial charge on any atom is 0.243 e. The number of thioether (sulfide) groups is 1. The molecule has 3 rings (SSSR count). The van der Waals surface area contributed by atoms with E-state index in [9.17, 15) is 19.1 Å². The third kappa shape index (κ3) is 3.35. The molecule has 0 unspecified atom stereocenters. The molecule has 0 spiro atoms. The second-order valence-corrected chi connectivity index (χ2v) is 7.09. The number of nitrogens with one attached hydrogen (secondary N) is 1. The lowest BCUT2D eigenvalue weighted by Crippen LogP contribution is -2.46. The predicted molar refractivity (Wildman–Crippen MR) is 84.4 cm³/mol. The second kappa shape index (κ2) is 6.49. The van der Waals surface area contributed by atoms with Crippen molar-refractivity contribution in [3.63, 3.8) is 0 Å². The highest BCUT2D eigenvalue weighted by atomic mass is 32.2. The normalized spacial score (nSPS) is 26.7. The highest BCUT2D eigenvalue weighted by Gasteiger charge is 2.38. The molecule has 2 heterocycles. The number of fused-ring (bicyclic) bond motifs is 1. The molecule has 0 aromatic heterocycles. The zero-order valence-corrected chi connectivity index (χ0v) is 13.6. The van der Waals surface area contributed by atoms with Crippen LogP contribution in [0.2, 0.25) is 0 Å². The number of carbonyl (C=O) groups is 2. The van der Waals surface area contributed by atoms with Crippen LogP contribution in [-0.2, 0) is 9.59 Å². The number of aliphatic hydroxyl groups is 1. The monoisotopic (exact) mass is 338 g/mol. The van der Waals surface area contributed by atoms with Gasteiger partial charge >= 0.3 is 0 Å². The van der Waals surface area contributed by atoms with Crippen molar-refractivity contribution in [3.8, 4) is 0 Å². The Morgan fingerprint density at radius 1 is 1.43 bits per heavy atom. The first kappa shape index (κ1) is 16.3. The minimum absolute atomic E-state index is 0.180. The average Bonchev–Trinajstić information content (AvgIpc) is 2.90. The fourth-order valence-corrected chi connectivity index (χ4v) is 4.30. The number of amides is 2. The van der Waals surface area contributed by atoms with E-state index in [2.05, 4.69) is 5.32 Å². The van der Waals surface area contributed by atoms with Crippen LogP contribution in [0.5, 0.6) is 0 Å². The number of carbonyl (C=O) groups excluding carboxylic acids is 2. The van der Waals surface area contributed by atoms with E-state index in [4.69, 9.17) is 0 Å². The van der Waals surface area contributed by atoms with E-state index in [1.54, 1.807) is 17.8 Å². The number of hydrogen-bond donors (Lipinski definition) is 2. The first-order chi connectivity index (χ1) is 11.0. The lowest BCUT2D eigenvalue weighted by atomic mass is 10.0. The van der Waals surface area contributed by atoms with Crippen LogP contribution in [0.25, 0.3) is 0 Å². The summed E-state index contributed by atoms with van der Waals surface area (Å²) >= 11 is 1.64. The molecule has 1 aromatic rings. The Bertz CT molecular complexity index is 640. The molecule has 2 amide bonds. The average molecular weight is 338 g/mol. The predicted octanol–water partition coefficient (Wildman–Crippen LogP) is 1.46. The highest BCUT2D eigenvalue weighted by Crippen LogP contribution is 2.36. The van der Waals surface area contributed by atoms with Crippen molar-refractivity contribution in [1.29, 1.82) is 0 Å². The molecule has 0 aliphatic carbocycles. The molecule has 0 saturated carbocycles. The standard InChI is InChI=1S/C16H19FN2O3S/c1-9(20)19-8-11(21)7-14(19)16(22)18-13-4-5-23-15-3-2-10(17)6-12(13)15/h2-3,6,11,13-14,21H,4-5,7-8H2,1H3,(H,18,22)/t11-,13-,14+/m0/s1. The van der Waals surface area contributed by atoms with Gasteiger partial charge in [0.15, 0.2) is 0 Å². The van der Waals surface area contributed by atoms with Crippen molar-refractivity contribution >= 4 is 23.6 Å². The number of hydrogen-bond acceptors (Lipinski definition) is 4. The first-order valence-corrected chi connectivity index (χ1v) is 8.62. The lowest BCUT2D eigenvalue weighted by molar-refractivity contribution is -0.137. The Kier molecular flexibility index (Phi) is 4.59. The molecule has 5 nitrogen and oxygen atoms in total. The van der Waals surface area contributed by atoms with Crippen LogP contribution in [0, 0.1) is 5.82 Å². The van der Waals surface area contributed by atoms with Gasteiger partial charge in [-0.2, -0.15) is 0 Å². The zero-order chi connectivity index (χ0) is 16.6. The van der Waals surface area contributed by atoms with Gasteiger partial charge < -0.3 is 15.3 Å². The van der Waals surface area contributed by atoms with E-state index >= 15 is 0 Å². The lowest BCUT2D eigenvalue weighted by Gasteiger charge is -2.29. The van der Waals surface area contributed by atoms with Gasteiger partial charge in [0, 0.05) is 30.5 Å². The summed E-state index contributed by atoms with van der Waals surface area (Å²) in [4.78, 5) is 26.5. The summed E-state index contributed by atoms with van der Waals surface area (Å²) in [5.74, 6) is -0.00355. The summed E-state index contributed by atoms with van der Waals surface area (Å²) in [6, 6.07) is 3.68. The van der Waals surface area contributed by atoms with Gasteiger partial charge in [0.25, 0.3) is 0 Å². The molecule has 0 bridgehead atoms. The second-order valence-electron chi connectivity index (χ2n) is 5.96. The number of likely N-dealkylation sites (tertiary alicyclic amines) is 1. The van der Waals surface area contributed by atoms with Gasteiger partial charge in [-0.1, -0.05) is 0 Å². The van der Waals surface area contributed by atoms with E-state index in [1.165, 1.54) is 24.0 Å². The van der Waals surface area contributed by atoms with E-state index in [0.717, 1.165) is 16.2 Å². The third-order valence-corrected chi connectivity index (χ3v) is 5.44. The van der Waals surface area contributed by atoms with Crippen LogP contribution in [-0.4, -0.2) is 46.3 Å². The van der Waals surface area contributed by atoms with E-state index in [-0.39, 0.29) is 36.6 Å². The molecule has 23 heavy (non-hydrogen) atoms. The van der Waals surface area contributed by atoms with Crippen molar-refractivity contribution in [2.45, 2.75) is 42.8 Å². The van der Waals surface area contributed by atoms with Crippen LogP contribution in [0.4, 0.5) is 4.39 Å². The Labute approximate surface area is 138 Å². The molecule has 124 valence electrons.